The lowest BCUT2D eigenvalue weighted by molar-refractivity contribution is 0.271. The third kappa shape index (κ3) is 4.43. The van der Waals surface area contributed by atoms with Crippen LogP contribution in [0.25, 0.3) is 0 Å². The van der Waals surface area contributed by atoms with Gasteiger partial charge in [0.15, 0.2) is 5.82 Å². The summed E-state index contributed by atoms with van der Waals surface area (Å²) in [5, 5.41) is 20.7. The summed E-state index contributed by atoms with van der Waals surface area (Å²) >= 11 is 0. The van der Waals surface area contributed by atoms with Crippen molar-refractivity contribution in [2.24, 2.45) is 5.92 Å². The zero-order valence-corrected chi connectivity index (χ0v) is 14.1. The van der Waals surface area contributed by atoms with Crippen LogP contribution in [0.4, 0.5) is 5.82 Å². The highest BCUT2D eigenvalue weighted by molar-refractivity contribution is 5.56. The summed E-state index contributed by atoms with van der Waals surface area (Å²) in [5.41, 5.74) is 3.25. The molecule has 0 unspecified atom stereocenters. The SMILES string of the molecule is Cc1nnc(NCc2cccc(OCC(C)C)c2)c(C#N)c1C. The van der Waals surface area contributed by atoms with Crippen molar-refractivity contribution in [3.63, 3.8) is 0 Å². The smallest absolute Gasteiger partial charge is 0.167 e. The minimum absolute atomic E-state index is 0.487. The fourth-order valence-corrected chi connectivity index (χ4v) is 2.06. The molecule has 0 saturated carbocycles. The number of rotatable bonds is 6. The van der Waals surface area contributed by atoms with E-state index in [1.165, 1.54) is 0 Å². The number of ether oxygens (including phenoxy) is 1. The quantitative estimate of drug-likeness (QED) is 0.882. The molecule has 0 atom stereocenters. The van der Waals surface area contributed by atoms with Gasteiger partial charge in [-0.05, 0) is 43.0 Å². The third-order valence-electron chi connectivity index (χ3n) is 3.51. The van der Waals surface area contributed by atoms with Gasteiger partial charge >= 0.3 is 0 Å². The summed E-state index contributed by atoms with van der Waals surface area (Å²) in [6.45, 7) is 9.22. The Balaban J connectivity index is 2.08. The van der Waals surface area contributed by atoms with E-state index in [9.17, 15) is 5.26 Å². The molecule has 0 aliphatic heterocycles. The average Bonchev–Trinajstić information content (AvgIpc) is 2.54. The Bertz CT molecular complexity index is 719. The summed E-state index contributed by atoms with van der Waals surface area (Å²) in [4.78, 5) is 0. The Kier molecular flexibility index (Phi) is 5.53. The minimum Gasteiger partial charge on any atom is -0.493 e. The summed E-state index contributed by atoms with van der Waals surface area (Å²) in [6.07, 6.45) is 0. The van der Waals surface area contributed by atoms with E-state index in [4.69, 9.17) is 4.74 Å². The molecule has 1 aromatic carbocycles. The molecule has 5 heteroatoms. The predicted molar refractivity (Wildman–Crippen MR) is 90.3 cm³/mol. The number of nitrogens with one attached hydrogen (secondary N) is 1. The van der Waals surface area contributed by atoms with Crippen LogP contribution >= 0.6 is 0 Å². The van der Waals surface area contributed by atoms with Crippen LogP contribution in [0.15, 0.2) is 24.3 Å². The van der Waals surface area contributed by atoms with Gasteiger partial charge in [-0.1, -0.05) is 26.0 Å². The second-order valence-electron chi connectivity index (χ2n) is 5.95. The number of aromatic nitrogens is 2. The molecule has 0 bridgehead atoms. The van der Waals surface area contributed by atoms with Gasteiger partial charge in [0.1, 0.15) is 17.4 Å². The first kappa shape index (κ1) is 16.8. The van der Waals surface area contributed by atoms with E-state index in [-0.39, 0.29) is 0 Å². The highest BCUT2D eigenvalue weighted by Gasteiger charge is 2.10. The monoisotopic (exact) mass is 310 g/mol. The van der Waals surface area contributed by atoms with Crippen molar-refractivity contribution in [3.8, 4) is 11.8 Å². The fraction of sp³-hybridized carbons (Fsp3) is 0.389. The second kappa shape index (κ2) is 7.59. The van der Waals surface area contributed by atoms with Crippen LogP contribution < -0.4 is 10.1 Å². The van der Waals surface area contributed by atoms with Gasteiger partial charge in [0.25, 0.3) is 0 Å². The van der Waals surface area contributed by atoms with Crippen molar-refractivity contribution in [1.82, 2.24) is 10.2 Å². The Hall–Kier alpha value is -2.61. The lowest BCUT2D eigenvalue weighted by Gasteiger charge is -2.12. The summed E-state index contributed by atoms with van der Waals surface area (Å²) in [5.74, 6) is 1.86. The number of hydrogen-bond acceptors (Lipinski definition) is 5. The maximum Gasteiger partial charge on any atom is 0.167 e. The highest BCUT2D eigenvalue weighted by Crippen LogP contribution is 2.19. The molecule has 0 fully saturated rings. The number of benzene rings is 1. The number of anilines is 1. The largest absolute Gasteiger partial charge is 0.493 e. The second-order valence-corrected chi connectivity index (χ2v) is 5.95. The van der Waals surface area contributed by atoms with E-state index in [1.54, 1.807) is 0 Å². The zero-order chi connectivity index (χ0) is 16.8. The van der Waals surface area contributed by atoms with Crippen LogP contribution in [0.3, 0.4) is 0 Å². The minimum atomic E-state index is 0.487. The maximum absolute atomic E-state index is 9.31. The van der Waals surface area contributed by atoms with Gasteiger partial charge in [-0.25, -0.2) is 0 Å². The first-order valence-corrected chi connectivity index (χ1v) is 7.71. The highest BCUT2D eigenvalue weighted by atomic mass is 16.5. The first-order valence-electron chi connectivity index (χ1n) is 7.71. The number of nitrogens with zero attached hydrogens (tertiary/aromatic N) is 3. The van der Waals surface area contributed by atoms with E-state index >= 15 is 0 Å². The van der Waals surface area contributed by atoms with Gasteiger partial charge < -0.3 is 10.1 Å². The molecular weight excluding hydrogens is 288 g/mol. The van der Waals surface area contributed by atoms with E-state index in [0.29, 0.717) is 30.5 Å². The molecule has 2 aromatic rings. The van der Waals surface area contributed by atoms with Gasteiger partial charge in [0, 0.05) is 6.54 Å². The topological polar surface area (TPSA) is 70.8 Å². The lowest BCUT2D eigenvalue weighted by atomic mass is 10.1. The molecule has 5 nitrogen and oxygen atoms in total. The maximum atomic E-state index is 9.31. The molecule has 0 radical (unpaired) electrons. The van der Waals surface area contributed by atoms with Gasteiger partial charge in [0.05, 0.1) is 12.3 Å². The Labute approximate surface area is 137 Å². The van der Waals surface area contributed by atoms with E-state index in [2.05, 4.69) is 35.4 Å². The van der Waals surface area contributed by atoms with Crippen molar-refractivity contribution in [3.05, 3.63) is 46.6 Å². The molecule has 0 aliphatic rings. The van der Waals surface area contributed by atoms with Crippen molar-refractivity contribution in [2.75, 3.05) is 11.9 Å². The molecular formula is C18H22N4O. The fourth-order valence-electron chi connectivity index (χ4n) is 2.06. The Morgan fingerprint density at radius 3 is 2.74 bits per heavy atom. The molecule has 1 heterocycles. The van der Waals surface area contributed by atoms with Crippen molar-refractivity contribution < 1.29 is 4.74 Å². The van der Waals surface area contributed by atoms with Crippen LogP contribution in [0.5, 0.6) is 5.75 Å². The van der Waals surface area contributed by atoms with Crippen molar-refractivity contribution >= 4 is 5.82 Å². The Morgan fingerprint density at radius 1 is 1.26 bits per heavy atom. The lowest BCUT2D eigenvalue weighted by Crippen LogP contribution is -2.08. The molecule has 0 spiro atoms. The number of nitriles is 1. The molecule has 23 heavy (non-hydrogen) atoms. The number of hydrogen-bond donors (Lipinski definition) is 1. The van der Waals surface area contributed by atoms with Crippen LogP contribution in [-0.2, 0) is 6.54 Å². The molecule has 0 amide bonds. The van der Waals surface area contributed by atoms with Gasteiger partial charge in [-0.3, -0.25) is 0 Å². The van der Waals surface area contributed by atoms with E-state index < -0.39 is 0 Å². The van der Waals surface area contributed by atoms with Gasteiger partial charge in [0.2, 0.25) is 0 Å². The summed E-state index contributed by atoms with van der Waals surface area (Å²) < 4.78 is 5.73. The molecule has 1 aromatic heterocycles. The molecule has 1 N–H and O–H groups in total. The molecule has 0 aliphatic carbocycles. The normalized spacial score (nSPS) is 10.4. The predicted octanol–water partition coefficient (Wildman–Crippen LogP) is 3.61. The third-order valence-corrected chi connectivity index (χ3v) is 3.51. The Morgan fingerprint density at radius 2 is 2.04 bits per heavy atom. The van der Waals surface area contributed by atoms with Crippen LogP contribution in [-0.4, -0.2) is 16.8 Å². The van der Waals surface area contributed by atoms with E-state index in [0.717, 1.165) is 22.6 Å². The van der Waals surface area contributed by atoms with Crippen LogP contribution in [0, 0.1) is 31.1 Å². The van der Waals surface area contributed by atoms with E-state index in [1.807, 2.05) is 38.1 Å². The van der Waals surface area contributed by atoms with Crippen molar-refractivity contribution in [1.29, 1.82) is 5.26 Å². The number of aryl methyl sites for hydroxylation is 1. The molecule has 120 valence electrons. The standard InChI is InChI=1S/C18H22N4O/c1-12(2)11-23-16-7-5-6-15(8-16)10-20-18-17(9-19)13(3)14(4)21-22-18/h5-8,12H,10-11H2,1-4H3,(H,20,22). The average molecular weight is 310 g/mol. The summed E-state index contributed by atoms with van der Waals surface area (Å²) in [7, 11) is 0. The van der Waals surface area contributed by atoms with Gasteiger partial charge in [-0.2, -0.15) is 10.4 Å². The van der Waals surface area contributed by atoms with Crippen molar-refractivity contribution in [2.45, 2.75) is 34.2 Å². The first-order chi connectivity index (χ1) is 11.0. The van der Waals surface area contributed by atoms with Gasteiger partial charge in [-0.15, -0.1) is 5.10 Å². The molecule has 2 rings (SSSR count). The molecule has 0 saturated heterocycles. The summed E-state index contributed by atoms with van der Waals surface area (Å²) in [6, 6.07) is 10.1. The zero-order valence-electron chi connectivity index (χ0n) is 14.1. The van der Waals surface area contributed by atoms with Crippen LogP contribution in [0.1, 0.15) is 36.2 Å². The van der Waals surface area contributed by atoms with Crippen LogP contribution in [0.2, 0.25) is 0 Å².